The molecule has 0 atom stereocenters. The fourth-order valence-electron chi connectivity index (χ4n) is 18.4. The molecule has 0 bridgehead atoms. The number of para-hydroxylation sites is 6. The molecule has 0 N–H and O–H groups in total. The predicted octanol–water partition coefficient (Wildman–Crippen LogP) is 28.8. The van der Waals surface area contributed by atoms with Crippen molar-refractivity contribution < 1.29 is 9.15 Å². The number of hydrogen-bond acceptors (Lipinski definition) is 10. The van der Waals surface area contributed by atoms with Gasteiger partial charge in [0.2, 0.25) is 23.7 Å². The molecule has 0 fully saturated rings. The van der Waals surface area contributed by atoms with Crippen molar-refractivity contribution in [3.63, 3.8) is 0 Å². The fraction of sp³-hybridized carbons (Fsp3) is 0. The van der Waals surface area contributed by atoms with Crippen LogP contribution < -0.4 is 4.74 Å². The quantitative estimate of drug-likeness (QED) is 0.143. The summed E-state index contributed by atoms with van der Waals surface area (Å²) in [6.45, 7) is 0. The number of aromatic nitrogens is 9. The van der Waals surface area contributed by atoms with Crippen LogP contribution in [0.25, 0.3) is 216 Å². The van der Waals surface area contributed by atoms with Crippen LogP contribution >= 0.6 is 23.5 Å². The average molecular weight is 1580 g/mol. The first-order chi connectivity index (χ1) is 60.0. The van der Waals surface area contributed by atoms with Gasteiger partial charge >= 0.3 is 0 Å². The monoisotopic (exact) mass is 1580 g/mol. The van der Waals surface area contributed by atoms with Crippen molar-refractivity contribution in [2.75, 3.05) is 0 Å². The molecule has 7 aromatic heterocycles. The third kappa shape index (κ3) is 11.2. The zero-order valence-corrected chi connectivity index (χ0v) is 66.2. The van der Waals surface area contributed by atoms with E-state index in [4.69, 9.17) is 39.1 Å². The number of benzene rings is 17. The topological polar surface area (TPSA) is 114 Å². The second-order valence-corrected chi connectivity index (χ2v) is 32.8. The standard InChI is InChI=1S/C38H21N3O2.C38H23N3S.C32H19N3S/c1-4-13-31-24(8-1)28-20-22(23-17-19-35-29(21-23)26-10-3-5-14-33(26)42-35)16-18-32(28)41(31)38-39-30-12-7-11-27-25-9-2-6-15-34(25)43-37(40-38)36(27)30;1-2-10-24(11-3-1)25-12-8-13-26(22-25)27-20-21-34-31(23-27)28-14-4-6-18-33(28)41(34)38-39-32-17-9-16-30-29-15-5-7-19-35(29)42-37(40-38)36(30)32;1-2-9-20(10-3-1)21-17-18-29-25(19-21)24-13-8-14-26-30(24)31(36-29)34-32(33-26)35-27-15-6-4-11-22(27)23-12-5-7-16-28(23)35/h1-21H;1-23H;1-19H. The van der Waals surface area contributed by atoms with Crippen molar-refractivity contribution >= 4 is 144 Å². The lowest BCUT2D eigenvalue weighted by Crippen LogP contribution is -2.06. The van der Waals surface area contributed by atoms with Crippen molar-refractivity contribution in [3.05, 3.63) is 382 Å². The maximum atomic E-state index is 6.38. The van der Waals surface area contributed by atoms with E-state index in [0.717, 1.165) is 137 Å². The van der Waals surface area contributed by atoms with E-state index in [-0.39, 0.29) is 0 Å². The van der Waals surface area contributed by atoms with Gasteiger partial charge < -0.3 is 9.15 Å². The van der Waals surface area contributed by atoms with Crippen LogP contribution in [0.1, 0.15) is 0 Å². The molecule has 0 spiro atoms. The molecular formula is C108H63N9O2S2. The normalized spacial score (nSPS) is 12.3. The maximum absolute atomic E-state index is 6.38. The van der Waals surface area contributed by atoms with Crippen LogP contribution in [0.3, 0.4) is 0 Å². The van der Waals surface area contributed by atoms with Crippen molar-refractivity contribution in [1.82, 2.24) is 43.6 Å². The highest BCUT2D eigenvalue weighted by Crippen LogP contribution is 2.52. The van der Waals surface area contributed by atoms with Gasteiger partial charge in [-0.2, -0.15) is 4.98 Å². The van der Waals surface area contributed by atoms with Crippen LogP contribution in [0, 0.1) is 0 Å². The van der Waals surface area contributed by atoms with Gasteiger partial charge in [0.25, 0.3) is 0 Å². The minimum absolute atomic E-state index is 0.581. The van der Waals surface area contributed by atoms with E-state index < -0.39 is 0 Å². The Labute approximate surface area is 700 Å². The summed E-state index contributed by atoms with van der Waals surface area (Å²) in [6, 6.07) is 134. The smallest absolute Gasteiger partial charge is 0.238 e. The van der Waals surface area contributed by atoms with Gasteiger partial charge in [0.05, 0.1) is 55.0 Å². The van der Waals surface area contributed by atoms with E-state index in [1.54, 1.807) is 23.5 Å². The van der Waals surface area contributed by atoms with Crippen LogP contribution in [0.5, 0.6) is 11.6 Å². The Bertz CT molecular complexity index is 8430. The summed E-state index contributed by atoms with van der Waals surface area (Å²) < 4.78 is 19.0. The largest absolute Gasteiger partial charge is 0.456 e. The Morgan fingerprint density at radius 2 is 0.587 bits per heavy atom. The first-order valence-electron chi connectivity index (χ1n) is 40.4. The first kappa shape index (κ1) is 68.7. The minimum Gasteiger partial charge on any atom is -0.456 e. The second kappa shape index (κ2) is 27.5. The molecule has 24 aromatic rings. The van der Waals surface area contributed by atoms with Gasteiger partial charge in [-0.3, -0.25) is 13.7 Å². The van der Waals surface area contributed by atoms with Crippen LogP contribution in [0.2, 0.25) is 0 Å². The molecule has 13 heteroatoms. The summed E-state index contributed by atoms with van der Waals surface area (Å²) in [4.78, 5) is 33.2. The SMILES string of the molecule is c1ccc(-c2ccc3c(c2)-c2cccc4nc(-n5c6ccccc6c6ccccc65)nc(c24)S3)cc1.c1ccc(-c2cccc(-c3ccc4c(c3)c3ccccc3n4-c3nc4c5c(cccc5n3)-c3ccccc3S4)c2)cc1.c1ccc2c(c1)Oc1nc(-n3c4ccccc4c4cc(-c5ccc6oc7ccccc7c6c5)ccc43)nc3cccc-2c13. The molecule has 0 radical (unpaired) electrons. The zero-order valence-electron chi connectivity index (χ0n) is 64.5. The van der Waals surface area contributed by atoms with E-state index >= 15 is 0 Å². The van der Waals surface area contributed by atoms with Crippen LogP contribution in [-0.2, 0) is 0 Å². The molecule has 17 aromatic carbocycles. The van der Waals surface area contributed by atoms with Gasteiger partial charge in [-0.1, -0.05) is 290 Å². The molecule has 0 saturated heterocycles. The molecule has 27 rings (SSSR count). The van der Waals surface area contributed by atoms with Gasteiger partial charge in [0, 0.05) is 74.8 Å². The van der Waals surface area contributed by atoms with E-state index in [1.165, 1.54) is 87.0 Å². The molecule has 0 saturated carbocycles. The molecule has 10 heterocycles. The van der Waals surface area contributed by atoms with E-state index in [1.807, 2.05) is 36.4 Å². The maximum Gasteiger partial charge on any atom is 0.238 e. The van der Waals surface area contributed by atoms with E-state index in [9.17, 15) is 0 Å². The van der Waals surface area contributed by atoms with Crippen molar-refractivity contribution in [2.24, 2.45) is 0 Å². The number of hydrogen-bond donors (Lipinski definition) is 0. The van der Waals surface area contributed by atoms with Crippen molar-refractivity contribution in [2.45, 2.75) is 19.8 Å². The zero-order chi connectivity index (χ0) is 79.3. The molecule has 3 aliphatic rings. The van der Waals surface area contributed by atoms with Crippen molar-refractivity contribution in [3.8, 4) is 107 Å². The number of furan rings is 1. The molecule has 3 aliphatic heterocycles. The minimum atomic E-state index is 0.581. The third-order valence-corrected chi connectivity index (χ3v) is 26.1. The lowest BCUT2D eigenvalue weighted by molar-refractivity contribution is 0.466. The van der Waals surface area contributed by atoms with E-state index in [2.05, 4.69) is 359 Å². The van der Waals surface area contributed by atoms with Gasteiger partial charge in [-0.25, -0.2) is 24.9 Å². The summed E-state index contributed by atoms with van der Waals surface area (Å²) in [5, 5.41) is 14.6. The highest BCUT2D eigenvalue weighted by atomic mass is 32.2. The number of fused-ring (bicyclic) bond motifs is 18. The molecule has 0 aliphatic carbocycles. The second-order valence-electron chi connectivity index (χ2n) is 30.8. The number of nitrogens with zero attached hydrogens (tertiary/aromatic N) is 9. The summed E-state index contributed by atoms with van der Waals surface area (Å²) in [5.74, 6) is 3.39. The fourth-order valence-corrected chi connectivity index (χ4v) is 20.6. The number of rotatable bonds is 7. The Morgan fingerprint density at radius 1 is 0.215 bits per heavy atom. The van der Waals surface area contributed by atoms with Gasteiger partial charge in [-0.15, -0.1) is 0 Å². The molecule has 0 unspecified atom stereocenters. The third-order valence-electron chi connectivity index (χ3n) is 23.9. The Hall–Kier alpha value is -15.5. The average Bonchev–Trinajstić information content (AvgIpc) is 1.38. The summed E-state index contributed by atoms with van der Waals surface area (Å²) >= 11 is 3.47. The van der Waals surface area contributed by atoms with Gasteiger partial charge in [-0.05, 0) is 182 Å². The molecule has 11 nitrogen and oxygen atoms in total. The van der Waals surface area contributed by atoms with Crippen LogP contribution in [0.4, 0.5) is 0 Å². The van der Waals surface area contributed by atoms with E-state index in [0.29, 0.717) is 23.7 Å². The van der Waals surface area contributed by atoms with Crippen molar-refractivity contribution in [1.29, 1.82) is 0 Å². The Balaban J connectivity index is 0.000000101. The Kier molecular flexibility index (Phi) is 15.6. The first-order valence-corrected chi connectivity index (χ1v) is 42.1. The van der Waals surface area contributed by atoms with Gasteiger partial charge in [0.15, 0.2) is 0 Å². The summed E-state index contributed by atoms with van der Waals surface area (Å²) in [7, 11) is 0. The molecular weight excluding hydrogens is 1520 g/mol. The number of ether oxygens (including phenoxy) is 1. The van der Waals surface area contributed by atoms with Gasteiger partial charge in [0.1, 0.15) is 27.0 Å². The predicted molar refractivity (Wildman–Crippen MR) is 495 cm³/mol. The van der Waals surface area contributed by atoms with Crippen LogP contribution in [-0.4, -0.2) is 43.6 Å². The lowest BCUT2D eigenvalue weighted by atomic mass is 9.96. The highest BCUT2D eigenvalue weighted by Gasteiger charge is 2.29. The lowest BCUT2D eigenvalue weighted by Gasteiger charge is -2.21. The molecule has 0 amide bonds. The highest BCUT2D eigenvalue weighted by molar-refractivity contribution is 8.00. The Morgan fingerprint density at radius 3 is 1.17 bits per heavy atom. The molecule has 564 valence electrons. The van der Waals surface area contributed by atoms with Crippen LogP contribution in [0.15, 0.2) is 406 Å². The summed E-state index contributed by atoms with van der Waals surface area (Å²) in [5.41, 5.74) is 27.7. The molecule has 121 heavy (non-hydrogen) atoms. The summed E-state index contributed by atoms with van der Waals surface area (Å²) in [6.07, 6.45) is 0.